The zero-order chi connectivity index (χ0) is 20.0. The lowest BCUT2D eigenvalue weighted by Gasteiger charge is -2.18. The van der Waals surface area contributed by atoms with Crippen molar-refractivity contribution in [2.45, 2.75) is 38.0 Å². The minimum absolute atomic E-state index is 0.134. The van der Waals surface area contributed by atoms with E-state index in [2.05, 4.69) is 5.16 Å². The number of nitrogens with zero attached hydrogens (tertiary/aromatic N) is 3. The maximum atomic E-state index is 12.9. The molecule has 0 amide bonds. The van der Waals surface area contributed by atoms with Gasteiger partial charge < -0.3 is 24.6 Å². The van der Waals surface area contributed by atoms with E-state index in [-0.39, 0.29) is 6.54 Å². The molecule has 1 aliphatic rings. The molecule has 1 aromatic carbocycles. The van der Waals surface area contributed by atoms with Gasteiger partial charge in [0.1, 0.15) is 24.0 Å². The number of aryl methyl sites for hydroxylation is 1. The van der Waals surface area contributed by atoms with Crippen LogP contribution in [0.25, 0.3) is 11.0 Å². The van der Waals surface area contributed by atoms with E-state index in [1.165, 1.54) is 6.20 Å². The Labute approximate surface area is 157 Å². The first-order valence-corrected chi connectivity index (χ1v) is 8.70. The fraction of sp³-hybridized carbons (Fsp3) is 0.389. The SMILES string of the molecule is Cc1cccc2onc(Cn3c(=O)ccn([C@@H]4O[C@H](CO)C(O)C4O)c3=O)c12. The smallest absolute Gasteiger partial charge is 0.333 e. The molecule has 148 valence electrons. The van der Waals surface area contributed by atoms with Crippen LogP contribution in [-0.2, 0) is 11.3 Å². The summed E-state index contributed by atoms with van der Waals surface area (Å²) in [5.41, 5.74) is 0.556. The first kappa shape index (κ1) is 18.6. The van der Waals surface area contributed by atoms with Gasteiger partial charge in [0.15, 0.2) is 11.8 Å². The molecule has 3 heterocycles. The number of benzene rings is 1. The van der Waals surface area contributed by atoms with E-state index < -0.39 is 42.4 Å². The average molecular weight is 389 g/mol. The van der Waals surface area contributed by atoms with Crippen LogP contribution in [0.5, 0.6) is 0 Å². The number of hydrogen-bond donors (Lipinski definition) is 3. The van der Waals surface area contributed by atoms with Gasteiger partial charge in [-0.05, 0) is 18.6 Å². The Morgan fingerprint density at radius 3 is 2.68 bits per heavy atom. The van der Waals surface area contributed by atoms with Gasteiger partial charge in [0, 0.05) is 17.6 Å². The molecule has 0 aliphatic carbocycles. The van der Waals surface area contributed by atoms with Crippen LogP contribution in [0.15, 0.2) is 44.6 Å². The second-order valence-electron chi connectivity index (χ2n) is 6.74. The van der Waals surface area contributed by atoms with E-state index in [0.717, 1.165) is 26.2 Å². The molecule has 28 heavy (non-hydrogen) atoms. The van der Waals surface area contributed by atoms with Gasteiger partial charge in [-0.1, -0.05) is 17.3 Å². The molecule has 0 radical (unpaired) electrons. The molecule has 0 saturated carbocycles. The van der Waals surface area contributed by atoms with Crippen LogP contribution < -0.4 is 11.2 Å². The summed E-state index contributed by atoms with van der Waals surface area (Å²) in [6.45, 7) is 1.21. The quantitative estimate of drug-likeness (QED) is 0.523. The lowest BCUT2D eigenvalue weighted by Crippen LogP contribution is -2.43. The Balaban J connectivity index is 1.76. The van der Waals surface area contributed by atoms with Crippen molar-refractivity contribution >= 4 is 11.0 Å². The van der Waals surface area contributed by atoms with Gasteiger partial charge in [-0.25, -0.2) is 4.79 Å². The van der Waals surface area contributed by atoms with Crippen LogP contribution in [0.2, 0.25) is 0 Å². The van der Waals surface area contributed by atoms with Crippen molar-refractivity contribution < 1.29 is 24.6 Å². The average Bonchev–Trinajstić information content (AvgIpc) is 3.22. The molecule has 3 aromatic rings. The molecule has 10 nitrogen and oxygen atoms in total. The van der Waals surface area contributed by atoms with Crippen molar-refractivity contribution in [3.05, 3.63) is 62.6 Å². The Morgan fingerprint density at radius 2 is 1.96 bits per heavy atom. The number of aromatic nitrogens is 3. The number of ether oxygens (including phenoxy) is 1. The van der Waals surface area contributed by atoms with E-state index in [1.54, 1.807) is 6.07 Å². The molecular formula is C18H19N3O7. The van der Waals surface area contributed by atoms with E-state index in [4.69, 9.17) is 9.26 Å². The highest BCUT2D eigenvalue weighted by Crippen LogP contribution is 2.28. The maximum Gasteiger partial charge on any atom is 0.333 e. The van der Waals surface area contributed by atoms with Gasteiger partial charge in [-0.2, -0.15) is 0 Å². The first-order chi connectivity index (χ1) is 13.4. The molecule has 3 N–H and O–H groups in total. The Kier molecular flexibility index (Phi) is 4.63. The van der Waals surface area contributed by atoms with Crippen LogP contribution in [0, 0.1) is 6.92 Å². The van der Waals surface area contributed by atoms with Crippen molar-refractivity contribution in [2.75, 3.05) is 6.61 Å². The Hall–Kier alpha value is -2.79. The fourth-order valence-corrected chi connectivity index (χ4v) is 3.47. The number of rotatable bonds is 4. The van der Waals surface area contributed by atoms with Crippen molar-refractivity contribution in [1.29, 1.82) is 0 Å². The molecule has 0 bridgehead atoms. The number of hydrogen-bond acceptors (Lipinski definition) is 8. The summed E-state index contributed by atoms with van der Waals surface area (Å²) in [4.78, 5) is 25.2. The molecule has 0 spiro atoms. The molecule has 10 heteroatoms. The van der Waals surface area contributed by atoms with Gasteiger partial charge in [0.25, 0.3) is 5.56 Å². The molecule has 4 rings (SSSR count). The third kappa shape index (κ3) is 2.87. The predicted molar refractivity (Wildman–Crippen MR) is 95.8 cm³/mol. The van der Waals surface area contributed by atoms with E-state index >= 15 is 0 Å². The molecule has 2 unspecified atom stereocenters. The highest BCUT2D eigenvalue weighted by molar-refractivity contribution is 5.82. The highest BCUT2D eigenvalue weighted by Gasteiger charge is 2.43. The Morgan fingerprint density at radius 1 is 1.18 bits per heavy atom. The molecule has 2 aromatic heterocycles. The fourth-order valence-electron chi connectivity index (χ4n) is 3.47. The zero-order valence-electron chi connectivity index (χ0n) is 14.9. The van der Waals surface area contributed by atoms with Gasteiger partial charge in [-0.3, -0.25) is 13.9 Å². The minimum atomic E-state index is -1.43. The topological polar surface area (TPSA) is 140 Å². The van der Waals surface area contributed by atoms with Crippen molar-refractivity contribution in [1.82, 2.24) is 14.3 Å². The van der Waals surface area contributed by atoms with Crippen LogP contribution in [0.3, 0.4) is 0 Å². The number of aliphatic hydroxyl groups excluding tert-OH is 3. The summed E-state index contributed by atoms with van der Waals surface area (Å²) in [6, 6.07) is 6.58. The standard InChI is InChI=1S/C18H19N3O7/c1-9-3-2-4-11-14(9)10(19-28-11)7-21-13(23)5-6-20(18(21)26)17-16(25)15(24)12(8-22)27-17/h2-6,12,15-17,22,24-25H,7-8H2,1H3/t12-,15?,16?,17-/m1/s1. The normalized spacial score (nSPS) is 24.9. The molecule has 4 atom stereocenters. The van der Waals surface area contributed by atoms with E-state index in [1.807, 2.05) is 19.1 Å². The summed E-state index contributed by atoms with van der Waals surface area (Å²) >= 11 is 0. The second kappa shape index (κ2) is 6.99. The highest BCUT2D eigenvalue weighted by atomic mass is 16.6. The second-order valence-corrected chi connectivity index (χ2v) is 6.74. The molecule has 1 fully saturated rings. The van der Waals surface area contributed by atoms with Crippen molar-refractivity contribution in [3.63, 3.8) is 0 Å². The first-order valence-electron chi connectivity index (χ1n) is 8.70. The summed E-state index contributed by atoms with van der Waals surface area (Å²) in [6.07, 6.45) is -3.87. The van der Waals surface area contributed by atoms with E-state index in [0.29, 0.717) is 11.3 Å². The van der Waals surface area contributed by atoms with Gasteiger partial charge in [0.05, 0.1) is 13.2 Å². The predicted octanol–water partition coefficient (Wildman–Crippen LogP) is -0.881. The summed E-state index contributed by atoms with van der Waals surface area (Å²) in [5, 5.41) is 34.0. The van der Waals surface area contributed by atoms with Gasteiger partial charge in [-0.15, -0.1) is 0 Å². The van der Waals surface area contributed by atoms with Crippen molar-refractivity contribution in [3.8, 4) is 0 Å². The third-order valence-corrected chi connectivity index (χ3v) is 4.97. The van der Waals surface area contributed by atoms with Crippen LogP contribution in [0.1, 0.15) is 17.5 Å². The minimum Gasteiger partial charge on any atom is -0.394 e. The third-order valence-electron chi connectivity index (χ3n) is 4.97. The van der Waals surface area contributed by atoms with Gasteiger partial charge in [0.2, 0.25) is 0 Å². The largest absolute Gasteiger partial charge is 0.394 e. The molecular weight excluding hydrogens is 370 g/mol. The number of fused-ring (bicyclic) bond motifs is 1. The molecule has 1 aliphatic heterocycles. The van der Waals surface area contributed by atoms with Crippen LogP contribution in [0.4, 0.5) is 0 Å². The Bertz CT molecular complexity index is 1130. The lowest BCUT2D eigenvalue weighted by atomic mass is 10.1. The van der Waals surface area contributed by atoms with Crippen LogP contribution in [-0.4, -0.2) is 54.5 Å². The van der Waals surface area contributed by atoms with Crippen molar-refractivity contribution in [2.24, 2.45) is 0 Å². The zero-order valence-corrected chi connectivity index (χ0v) is 14.9. The maximum absolute atomic E-state index is 12.9. The summed E-state index contributed by atoms with van der Waals surface area (Å²) in [7, 11) is 0. The monoisotopic (exact) mass is 389 g/mol. The van der Waals surface area contributed by atoms with Gasteiger partial charge >= 0.3 is 5.69 Å². The number of aliphatic hydroxyl groups is 3. The van der Waals surface area contributed by atoms with Crippen LogP contribution >= 0.6 is 0 Å². The summed E-state index contributed by atoms with van der Waals surface area (Å²) in [5.74, 6) is 0. The lowest BCUT2D eigenvalue weighted by molar-refractivity contribution is -0.0555. The summed E-state index contributed by atoms with van der Waals surface area (Å²) < 4.78 is 12.6. The molecule has 1 saturated heterocycles. The van der Waals surface area contributed by atoms with E-state index in [9.17, 15) is 24.9 Å².